The van der Waals surface area contributed by atoms with Crippen molar-refractivity contribution in [2.24, 2.45) is 0 Å². The smallest absolute Gasteiger partial charge is 0.270 e. The quantitative estimate of drug-likeness (QED) is 0.415. The number of hydrogen-bond acceptors (Lipinski definition) is 4. The minimum absolute atomic E-state index is 0.0165. The van der Waals surface area contributed by atoms with E-state index >= 15 is 0 Å². The van der Waals surface area contributed by atoms with Gasteiger partial charge in [-0.05, 0) is 11.6 Å². The Morgan fingerprint density at radius 3 is 2.67 bits per heavy atom. The van der Waals surface area contributed by atoms with Crippen molar-refractivity contribution in [2.45, 2.75) is 11.5 Å². The van der Waals surface area contributed by atoms with Crippen molar-refractivity contribution in [3.63, 3.8) is 0 Å². The van der Waals surface area contributed by atoms with Crippen LogP contribution >= 0.6 is 12.6 Å². The van der Waals surface area contributed by atoms with Crippen molar-refractivity contribution in [1.82, 2.24) is 0 Å². The summed E-state index contributed by atoms with van der Waals surface area (Å²) in [7, 11) is 0. The number of thiol groups is 1. The standard InChI is InChI=1S/C7H7NO3S/c9-4-5-1-2-6(8(10)11)3-7(5)12/h1-3,9,12H,4H2. The molecule has 0 bridgehead atoms. The highest BCUT2D eigenvalue weighted by Gasteiger charge is 2.07. The summed E-state index contributed by atoms with van der Waals surface area (Å²) in [6.07, 6.45) is 0. The van der Waals surface area contributed by atoms with Gasteiger partial charge in [-0.3, -0.25) is 10.1 Å². The molecular formula is C7H7NO3S. The molecule has 0 saturated carbocycles. The van der Waals surface area contributed by atoms with E-state index < -0.39 is 4.92 Å². The molecule has 0 fully saturated rings. The lowest BCUT2D eigenvalue weighted by Crippen LogP contribution is -1.90. The van der Waals surface area contributed by atoms with Crippen molar-refractivity contribution in [3.8, 4) is 0 Å². The third kappa shape index (κ3) is 1.75. The van der Waals surface area contributed by atoms with Crippen molar-refractivity contribution >= 4 is 18.3 Å². The maximum Gasteiger partial charge on any atom is 0.270 e. The van der Waals surface area contributed by atoms with Crippen LogP contribution < -0.4 is 0 Å². The highest BCUT2D eigenvalue weighted by molar-refractivity contribution is 7.80. The second-order valence-electron chi connectivity index (χ2n) is 2.23. The van der Waals surface area contributed by atoms with Gasteiger partial charge in [0.1, 0.15) is 0 Å². The Kier molecular flexibility index (Phi) is 2.67. The Labute approximate surface area is 74.4 Å². The van der Waals surface area contributed by atoms with Crippen LogP contribution in [0.4, 0.5) is 5.69 Å². The molecular weight excluding hydrogens is 178 g/mol. The Morgan fingerprint density at radius 2 is 2.25 bits per heavy atom. The molecule has 0 saturated heterocycles. The first kappa shape index (κ1) is 9.02. The summed E-state index contributed by atoms with van der Waals surface area (Å²) in [6, 6.07) is 4.14. The lowest BCUT2D eigenvalue weighted by Gasteiger charge is -1.99. The molecule has 0 atom stereocenters. The lowest BCUT2D eigenvalue weighted by molar-refractivity contribution is -0.385. The third-order valence-electron chi connectivity index (χ3n) is 1.45. The SMILES string of the molecule is O=[N+]([O-])c1ccc(CO)c(S)c1. The number of benzene rings is 1. The molecule has 5 heteroatoms. The number of nitro groups is 1. The molecule has 0 aliphatic heterocycles. The molecule has 0 heterocycles. The van der Waals surface area contributed by atoms with Crippen molar-refractivity contribution in [1.29, 1.82) is 0 Å². The summed E-state index contributed by atoms with van der Waals surface area (Å²) >= 11 is 3.98. The molecule has 12 heavy (non-hydrogen) atoms. The molecule has 1 rings (SSSR count). The van der Waals surface area contributed by atoms with E-state index in [1.807, 2.05) is 0 Å². The van der Waals surface area contributed by atoms with E-state index in [-0.39, 0.29) is 12.3 Å². The highest BCUT2D eigenvalue weighted by Crippen LogP contribution is 2.20. The van der Waals surface area contributed by atoms with Crippen molar-refractivity contribution in [2.75, 3.05) is 0 Å². The predicted molar refractivity (Wildman–Crippen MR) is 46.3 cm³/mol. The minimum atomic E-state index is -0.499. The molecule has 1 N–H and O–H groups in total. The minimum Gasteiger partial charge on any atom is -0.392 e. The Morgan fingerprint density at radius 1 is 1.58 bits per heavy atom. The molecule has 1 aromatic carbocycles. The van der Waals surface area contributed by atoms with Crippen LogP contribution in [0.5, 0.6) is 0 Å². The van der Waals surface area contributed by atoms with Gasteiger partial charge in [0.15, 0.2) is 0 Å². The number of aliphatic hydroxyl groups is 1. The zero-order chi connectivity index (χ0) is 9.14. The first-order valence-corrected chi connectivity index (χ1v) is 3.67. The van der Waals surface area contributed by atoms with E-state index in [0.29, 0.717) is 10.5 Å². The second-order valence-corrected chi connectivity index (χ2v) is 2.71. The summed E-state index contributed by atoms with van der Waals surface area (Å²) in [6.45, 7) is -0.156. The Balaban J connectivity index is 3.10. The van der Waals surface area contributed by atoms with Gasteiger partial charge in [-0.25, -0.2) is 0 Å². The van der Waals surface area contributed by atoms with Crippen LogP contribution in [0, 0.1) is 10.1 Å². The van der Waals surface area contributed by atoms with Crippen LogP contribution in [-0.4, -0.2) is 10.0 Å². The molecule has 64 valence electrons. The summed E-state index contributed by atoms with van der Waals surface area (Å²) in [5, 5.41) is 19.0. The summed E-state index contributed by atoms with van der Waals surface area (Å²) in [4.78, 5) is 10.2. The number of aliphatic hydroxyl groups excluding tert-OH is 1. The molecule has 0 aliphatic rings. The van der Waals surface area contributed by atoms with E-state index in [1.165, 1.54) is 18.2 Å². The fourth-order valence-electron chi connectivity index (χ4n) is 0.800. The van der Waals surface area contributed by atoms with Crippen LogP contribution in [0.15, 0.2) is 23.1 Å². The van der Waals surface area contributed by atoms with Gasteiger partial charge in [-0.15, -0.1) is 12.6 Å². The molecule has 0 aliphatic carbocycles. The van der Waals surface area contributed by atoms with Crippen LogP contribution in [-0.2, 0) is 6.61 Å². The largest absolute Gasteiger partial charge is 0.392 e. The third-order valence-corrected chi connectivity index (χ3v) is 1.87. The van der Waals surface area contributed by atoms with Gasteiger partial charge in [0.05, 0.1) is 11.5 Å². The van der Waals surface area contributed by atoms with E-state index in [2.05, 4.69) is 12.6 Å². The maximum absolute atomic E-state index is 10.3. The highest BCUT2D eigenvalue weighted by atomic mass is 32.1. The fourth-order valence-corrected chi connectivity index (χ4v) is 1.08. The number of nitrogens with zero attached hydrogens (tertiary/aromatic N) is 1. The predicted octanol–water partition coefficient (Wildman–Crippen LogP) is 1.38. The van der Waals surface area contributed by atoms with Gasteiger partial charge in [0, 0.05) is 17.0 Å². The van der Waals surface area contributed by atoms with E-state index in [9.17, 15) is 10.1 Å². The van der Waals surface area contributed by atoms with Gasteiger partial charge in [0.2, 0.25) is 0 Å². The molecule has 0 aromatic heterocycles. The normalized spacial score (nSPS) is 9.83. The van der Waals surface area contributed by atoms with Crippen molar-refractivity contribution < 1.29 is 10.0 Å². The van der Waals surface area contributed by atoms with Crippen LogP contribution in [0.3, 0.4) is 0 Å². The number of non-ortho nitro benzene ring substituents is 1. The number of hydrogen-bond donors (Lipinski definition) is 2. The topological polar surface area (TPSA) is 63.4 Å². The average Bonchev–Trinajstić information content (AvgIpc) is 2.04. The number of rotatable bonds is 2. The van der Waals surface area contributed by atoms with Gasteiger partial charge in [-0.2, -0.15) is 0 Å². The fraction of sp³-hybridized carbons (Fsp3) is 0.143. The summed E-state index contributed by atoms with van der Waals surface area (Å²) in [5.74, 6) is 0. The van der Waals surface area contributed by atoms with Gasteiger partial charge < -0.3 is 5.11 Å². The van der Waals surface area contributed by atoms with Crippen LogP contribution in [0.1, 0.15) is 5.56 Å². The second kappa shape index (κ2) is 3.55. The molecule has 0 amide bonds. The molecule has 0 unspecified atom stereocenters. The Hall–Kier alpha value is -1.07. The maximum atomic E-state index is 10.3. The molecule has 4 nitrogen and oxygen atoms in total. The lowest BCUT2D eigenvalue weighted by atomic mass is 10.2. The first-order valence-electron chi connectivity index (χ1n) is 3.22. The zero-order valence-electron chi connectivity index (χ0n) is 6.10. The average molecular weight is 185 g/mol. The monoisotopic (exact) mass is 185 g/mol. The van der Waals surface area contributed by atoms with Crippen LogP contribution in [0.2, 0.25) is 0 Å². The van der Waals surface area contributed by atoms with E-state index in [0.717, 1.165) is 0 Å². The van der Waals surface area contributed by atoms with Gasteiger partial charge in [0.25, 0.3) is 5.69 Å². The van der Waals surface area contributed by atoms with Crippen molar-refractivity contribution in [3.05, 3.63) is 33.9 Å². The summed E-state index contributed by atoms with van der Waals surface area (Å²) in [5.41, 5.74) is 0.570. The molecule has 0 spiro atoms. The number of nitro benzene ring substituents is 1. The van der Waals surface area contributed by atoms with E-state index in [4.69, 9.17) is 5.11 Å². The Bertz CT molecular complexity index is 314. The van der Waals surface area contributed by atoms with Gasteiger partial charge in [-0.1, -0.05) is 0 Å². The zero-order valence-corrected chi connectivity index (χ0v) is 6.99. The molecule has 1 aromatic rings. The molecule has 0 radical (unpaired) electrons. The van der Waals surface area contributed by atoms with E-state index in [1.54, 1.807) is 0 Å². The summed E-state index contributed by atoms with van der Waals surface area (Å²) < 4.78 is 0. The first-order chi connectivity index (χ1) is 5.65. The van der Waals surface area contributed by atoms with Crippen LogP contribution in [0.25, 0.3) is 0 Å². The van der Waals surface area contributed by atoms with Gasteiger partial charge >= 0.3 is 0 Å².